The van der Waals surface area contributed by atoms with Crippen LogP contribution < -0.4 is 0 Å². The van der Waals surface area contributed by atoms with Crippen molar-refractivity contribution in [2.45, 2.75) is 51.1 Å². The van der Waals surface area contributed by atoms with E-state index in [2.05, 4.69) is 26.2 Å². The molecule has 0 fully saturated rings. The van der Waals surface area contributed by atoms with Gasteiger partial charge >= 0.3 is 0 Å². The summed E-state index contributed by atoms with van der Waals surface area (Å²) in [5.41, 5.74) is 0. The fourth-order valence-corrected chi connectivity index (χ4v) is 8.28. The third kappa shape index (κ3) is 12.8. The zero-order valence-corrected chi connectivity index (χ0v) is 17.7. The van der Waals surface area contributed by atoms with Crippen LogP contribution in [0.15, 0.2) is 0 Å². The third-order valence-electron chi connectivity index (χ3n) is 3.21. The Morgan fingerprint density at radius 1 is 0.737 bits per heavy atom. The molecule has 0 aliphatic rings. The highest BCUT2D eigenvalue weighted by molar-refractivity contribution is 9.09. The van der Waals surface area contributed by atoms with E-state index in [0.29, 0.717) is 0 Å². The van der Waals surface area contributed by atoms with Gasteiger partial charge in [-0.2, -0.15) is 0 Å². The lowest BCUT2D eigenvalue weighted by atomic mass is 10.6. The molecule has 0 amide bonds. The Hall–Kier alpha value is 1.40. The van der Waals surface area contributed by atoms with Crippen LogP contribution in [0.25, 0.3) is 0 Å². The van der Waals surface area contributed by atoms with Crippen LogP contribution >= 0.6 is 31.4 Å². The second-order valence-electron chi connectivity index (χ2n) is 5.85. The van der Waals surface area contributed by atoms with E-state index in [1.807, 2.05) is 45.6 Å². The Labute approximate surface area is 133 Å². The van der Waals surface area contributed by atoms with Gasteiger partial charge in [0, 0.05) is 25.7 Å². The first kappa shape index (κ1) is 20.4. The lowest BCUT2D eigenvalue weighted by Gasteiger charge is -2.19. The van der Waals surface area contributed by atoms with Gasteiger partial charge in [-0.3, -0.25) is 0 Å². The smallest absolute Gasteiger partial charge is 0.186 e. The third-order valence-corrected chi connectivity index (χ3v) is 13.0. The average Bonchev–Trinajstić information content (AvgIpc) is 2.36. The Bertz CT molecular complexity index is 207. The summed E-state index contributed by atoms with van der Waals surface area (Å²) in [6, 6.07) is 2.55. The summed E-state index contributed by atoms with van der Waals surface area (Å²) in [7, 11) is 7.01. The van der Waals surface area contributed by atoms with Crippen molar-refractivity contribution in [3.05, 3.63) is 0 Å². The van der Waals surface area contributed by atoms with E-state index in [-0.39, 0.29) is 0 Å². The van der Waals surface area contributed by atoms with Crippen LogP contribution in [0, 0.1) is 0 Å². The van der Waals surface area contributed by atoms with E-state index in [9.17, 15) is 0 Å². The second-order valence-corrected chi connectivity index (χ2v) is 19.2. The largest absolute Gasteiger partial charge is 0.420 e. The SMILES string of the molecule is CO[Si](C)(C)CCCSSSCCC[Si](C)(C)OC. The maximum atomic E-state index is 5.55. The minimum Gasteiger partial charge on any atom is -0.420 e. The number of hydrogen-bond acceptors (Lipinski definition) is 5. The van der Waals surface area contributed by atoms with Gasteiger partial charge in [0.1, 0.15) is 0 Å². The molecule has 0 spiro atoms. The molecule has 0 heterocycles. The Morgan fingerprint density at radius 2 is 1.11 bits per heavy atom. The van der Waals surface area contributed by atoms with Gasteiger partial charge in [0.05, 0.1) is 0 Å². The van der Waals surface area contributed by atoms with Crippen molar-refractivity contribution in [1.29, 1.82) is 0 Å². The topological polar surface area (TPSA) is 18.5 Å². The zero-order chi connectivity index (χ0) is 14.8. The predicted molar refractivity (Wildman–Crippen MR) is 100 cm³/mol. The maximum Gasteiger partial charge on any atom is 0.186 e. The van der Waals surface area contributed by atoms with Gasteiger partial charge in [0.2, 0.25) is 0 Å². The van der Waals surface area contributed by atoms with Crippen LogP contribution in [-0.2, 0) is 8.85 Å². The molecule has 0 aromatic rings. The van der Waals surface area contributed by atoms with E-state index >= 15 is 0 Å². The standard InChI is InChI=1S/C12H30O2S3Si2/c1-13-18(3,4)11-7-9-15-17-16-10-8-12-19(5,6)14-2/h7-12H2,1-6H3. The molecule has 0 saturated carbocycles. The first-order valence-electron chi connectivity index (χ1n) is 6.84. The quantitative estimate of drug-likeness (QED) is 0.260. The summed E-state index contributed by atoms with van der Waals surface area (Å²) in [4.78, 5) is 0. The van der Waals surface area contributed by atoms with Gasteiger partial charge in [-0.05, 0) is 60.9 Å². The molecule has 0 radical (unpaired) electrons. The predicted octanol–water partition coefficient (Wildman–Crippen LogP) is 5.50. The summed E-state index contributed by atoms with van der Waals surface area (Å²) in [6.45, 7) is 9.17. The second kappa shape index (κ2) is 11.0. The van der Waals surface area contributed by atoms with Gasteiger partial charge in [0.25, 0.3) is 0 Å². The van der Waals surface area contributed by atoms with E-state index in [1.165, 1.54) is 36.4 Å². The van der Waals surface area contributed by atoms with E-state index < -0.39 is 16.6 Å². The minimum absolute atomic E-state index is 1.25. The maximum absolute atomic E-state index is 5.55. The molecule has 0 N–H and O–H groups in total. The molecule has 0 bridgehead atoms. The molecule has 2 nitrogen and oxygen atoms in total. The van der Waals surface area contributed by atoms with Crippen LogP contribution in [0.4, 0.5) is 0 Å². The fourth-order valence-electron chi connectivity index (χ4n) is 1.42. The molecule has 116 valence electrons. The summed E-state index contributed by atoms with van der Waals surface area (Å²) < 4.78 is 11.1. The Morgan fingerprint density at radius 3 is 1.42 bits per heavy atom. The monoisotopic (exact) mass is 358 g/mol. The molecular formula is C12H30O2S3Si2. The van der Waals surface area contributed by atoms with Crippen LogP contribution in [0.2, 0.25) is 38.3 Å². The van der Waals surface area contributed by atoms with Crippen LogP contribution in [-0.4, -0.2) is 42.4 Å². The van der Waals surface area contributed by atoms with Crippen LogP contribution in [0.1, 0.15) is 12.8 Å². The fraction of sp³-hybridized carbons (Fsp3) is 1.00. The van der Waals surface area contributed by atoms with Crippen molar-refractivity contribution in [1.82, 2.24) is 0 Å². The van der Waals surface area contributed by atoms with Gasteiger partial charge in [-0.25, -0.2) is 0 Å². The van der Waals surface area contributed by atoms with Gasteiger partial charge in [-0.1, -0.05) is 21.6 Å². The lowest BCUT2D eigenvalue weighted by molar-refractivity contribution is 0.402. The van der Waals surface area contributed by atoms with E-state index in [0.717, 1.165) is 0 Å². The van der Waals surface area contributed by atoms with E-state index in [4.69, 9.17) is 8.85 Å². The first-order chi connectivity index (χ1) is 8.83. The highest BCUT2D eigenvalue weighted by atomic mass is 33.5. The molecule has 0 aromatic carbocycles. The lowest BCUT2D eigenvalue weighted by Crippen LogP contribution is -2.28. The van der Waals surface area contributed by atoms with Gasteiger partial charge < -0.3 is 8.85 Å². The first-order valence-corrected chi connectivity index (χ1v) is 16.9. The van der Waals surface area contributed by atoms with Crippen molar-refractivity contribution in [3.63, 3.8) is 0 Å². The molecule has 0 aliphatic carbocycles. The Balaban J connectivity index is 3.29. The molecule has 0 unspecified atom stereocenters. The molecule has 0 aliphatic heterocycles. The highest BCUT2D eigenvalue weighted by Gasteiger charge is 2.20. The zero-order valence-electron chi connectivity index (χ0n) is 13.3. The summed E-state index contributed by atoms with van der Waals surface area (Å²) in [5.74, 6) is 2.49. The molecule has 0 atom stereocenters. The molecule has 0 aromatic heterocycles. The molecular weight excluding hydrogens is 329 g/mol. The van der Waals surface area contributed by atoms with Gasteiger partial charge in [-0.15, -0.1) is 0 Å². The highest BCUT2D eigenvalue weighted by Crippen LogP contribution is 2.36. The Kier molecular flexibility index (Phi) is 11.9. The molecule has 19 heavy (non-hydrogen) atoms. The summed E-state index contributed by atoms with van der Waals surface area (Å²) in [5, 5.41) is 0. The van der Waals surface area contributed by atoms with Crippen molar-refractivity contribution in [2.24, 2.45) is 0 Å². The van der Waals surface area contributed by atoms with Crippen molar-refractivity contribution < 1.29 is 8.85 Å². The van der Waals surface area contributed by atoms with Crippen molar-refractivity contribution >= 4 is 48.0 Å². The van der Waals surface area contributed by atoms with Crippen LogP contribution in [0.3, 0.4) is 0 Å². The average molecular weight is 359 g/mol. The molecule has 7 heteroatoms. The summed E-state index contributed by atoms with van der Waals surface area (Å²) in [6.07, 6.45) is 2.57. The van der Waals surface area contributed by atoms with E-state index in [1.54, 1.807) is 0 Å². The molecule has 0 rings (SSSR count). The van der Waals surface area contributed by atoms with Gasteiger partial charge in [0.15, 0.2) is 16.6 Å². The van der Waals surface area contributed by atoms with Crippen molar-refractivity contribution in [2.75, 3.05) is 25.7 Å². The minimum atomic E-state index is -1.32. The number of rotatable bonds is 12. The summed E-state index contributed by atoms with van der Waals surface area (Å²) >= 11 is 0. The molecule has 0 saturated heterocycles. The normalized spacial score (nSPS) is 12.9. The van der Waals surface area contributed by atoms with Crippen LogP contribution in [0.5, 0.6) is 0 Å². The number of hydrogen-bond donors (Lipinski definition) is 0. The van der Waals surface area contributed by atoms with Crippen molar-refractivity contribution in [3.8, 4) is 0 Å².